The van der Waals surface area contributed by atoms with E-state index in [2.05, 4.69) is 34.0 Å². The first kappa shape index (κ1) is 14.1. The molecule has 2 atom stereocenters. The molecule has 5 heteroatoms. The fourth-order valence-corrected chi connectivity index (χ4v) is 2.70. The monoisotopic (exact) mass is 264 g/mol. The molecule has 0 spiro atoms. The molecular weight excluding hydrogens is 240 g/mol. The summed E-state index contributed by atoms with van der Waals surface area (Å²) in [5, 5.41) is 12.9. The van der Waals surface area contributed by atoms with E-state index in [4.69, 9.17) is 0 Å². The van der Waals surface area contributed by atoms with Gasteiger partial charge >= 0.3 is 0 Å². The number of nitrogens with zero attached hydrogens (tertiary/aromatic N) is 3. The highest BCUT2D eigenvalue weighted by molar-refractivity contribution is 5.59. The maximum Gasteiger partial charge on any atom is 0.137 e. The van der Waals surface area contributed by atoms with Crippen LogP contribution < -0.4 is 10.2 Å². The molecule has 0 aliphatic carbocycles. The number of aliphatic hydroxyl groups excluding tert-OH is 1. The predicted octanol–water partition coefficient (Wildman–Crippen LogP) is 1.81. The van der Waals surface area contributed by atoms with E-state index in [1.165, 1.54) is 0 Å². The third kappa shape index (κ3) is 2.81. The van der Waals surface area contributed by atoms with Gasteiger partial charge in [-0.15, -0.1) is 0 Å². The smallest absolute Gasteiger partial charge is 0.137 e. The van der Waals surface area contributed by atoms with E-state index in [-0.39, 0.29) is 12.6 Å². The summed E-state index contributed by atoms with van der Waals surface area (Å²) >= 11 is 0. The summed E-state index contributed by atoms with van der Waals surface area (Å²) in [6.07, 6.45) is 3.78. The number of anilines is 2. The van der Waals surface area contributed by atoms with Gasteiger partial charge in [-0.3, -0.25) is 0 Å². The van der Waals surface area contributed by atoms with Gasteiger partial charge in [-0.1, -0.05) is 13.8 Å². The molecule has 0 aromatic carbocycles. The Hall–Kier alpha value is -1.36. The maximum absolute atomic E-state index is 9.57. The molecule has 2 rings (SSSR count). The molecule has 1 aromatic rings. The van der Waals surface area contributed by atoms with Crippen molar-refractivity contribution in [2.24, 2.45) is 5.92 Å². The highest BCUT2D eigenvalue weighted by Gasteiger charge is 2.32. The van der Waals surface area contributed by atoms with E-state index in [1.807, 2.05) is 6.92 Å². The number of hydrogen-bond donors (Lipinski definition) is 2. The summed E-state index contributed by atoms with van der Waals surface area (Å²) in [7, 11) is 0. The van der Waals surface area contributed by atoms with Gasteiger partial charge in [0, 0.05) is 18.7 Å². The second kappa shape index (κ2) is 6.19. The molecule has 0 radical (unpaired) electrons. The first-order valence-electron chi connectivity index (χ1n) is 7.12. The summed E-state index contributed by atoms with van der Waals surface area (Å²) in [6, 6.07) is 0.174. The minimum Gasteiger partial charge on any atom is -0.394 e. The van der Waals surface area contributed by atoms with Crippen molar-refractivity contribution < 1.29 is 5.11 Å². The Morgan fingerprint density at radius 3 is 2.95 bits per heavy atom. The molecule has 1 fully saturated rings. The van der Waals surface area contributed by atoms with Crippen LogP contribution in [0, 0.1) is 12.8 Å². The fraction of sp³-hybridized carbons (Fsp3) is 0.714. The van der Waals surface area contributed by atoms with Crippen LogP contribution in [0.4, 0.5) is 11.6 Å². The van der Waals surface area contributed by atoms with Crippen molar-refractivity contribution >= 4 is 11.6 Å². The van der Waals surface area contributed by atoms with Crippen LogP contribution >= 0.6 is 0 Å². The summed E-state index contributed by atoms with van der Waals surface area (Å²) in [6.45, 7) is 8.42. The molecule has 1 aromatic heterocycles. The quantitative estimate of drug-likeness (QED) is 0.849. The Kier molecular flexibility index (Phi) is 4.58. The van der Waals surface area contributed by atoms with Gasteiger partial charge in [-0.2, -0.15) is 0 Å². The van der Waals surface area contributed by atoms with Crippen molar-refractivity contribution in [3.63, 3.8) is 0 Å². The van der Waals surface area contributed by atoms with Gasteiger partial charge in [0.05, 0.1) is 12.6 Å². The Balaban J connectivity index is 2.24. The first-order valence-corrected chi connectivity index (χ1v) is 7.12. The van der Waals surface area contributed by atoms with Crippen LogP contribution in [0.1, 0.15) is 32.3 Å². The lowest BCUT2D eigenvalue weighted by atomic mass is 10.0. The van der Waals surface area contributed by atoms with Gasteiger partial charge < -0.3 is 15.3 Å². The Morgan fingerprint density at radius 2 is 2.26 bits per heavy atom. The molecule has 1 aliphatic rings. The zero-order valence-corrected chi connectivity index (χ0v) is 12.1. The lowest BCUT2D eigenvalue weighted by molar-refractivity contribution is 0.244. The van der Waals surface area contributed by atoms with Gasteiger partial charge in [-0.25, -0.2) is 9.97 Å². The molecule has 2 heterocycles. The van der Waals surface area contributed by atoms with Crippen molar-refractivity contribution in [3.8, 4) is 0 Å². The standard InChI is InChI=1S/C14H24N4O/c1-4-6-15-13-11(3)14(17-9-16-13)18-7-5-10(2)12(18)8-19/h9-10,12,19H,4-8H2,1-3H3,(H,15,16,17). The van der Waals surface area contributed by atoms with E-state index in [0.717, 1.165) is 43.1 Å². The fourth-order valence-electron chi connectivity index (χ4n) is 2.70. The van der Waals surface area contributed by atoms with Crippen LogP contribution in [0.3, 0.4) is 0 Å². The summed E-state index contributed by atoms with van der Waals surface area (Å²) in [5.41, 5.74) is 1.07. The van der Waals surface area contributed by atoms with Crippen molar-refractivity contribution in [1.29, 1.82) is 0 Å². The average molecular weight is 264 g/mol. The topological polar surface area (TPSA) is 61.3 Å². The Morgan fingerprint density at radius 1 is 1.47 bits per heavy atom. The lowest BCUT2D eigenvalue weighted by Crippen LogP contribution is -2.36. The zero-order chi connectivity index (χ0) is 13.8. The van der Waals surface area contributed by atoms with Crippen LogP contribution in [0.5, 0.6) is 0 Å². The molecule has 0 bridgehead atoms. The Bertz CT molecular complexity index is 424. The maximum atomic E-state index is 9.57. The van der Waals surface area contributed by atoms with Crippen molar-refractivity contribution in [2.45, 2.75) is 39.7 Å². The predicted molar refractivity (Wildman–Crippen MR) is 77.6 cm³/mol. The average Bonchev–Trinajstić information content (AvgIpc) is 2.78. The number of aromatic nitrogens is 2. The molecule has 2 unspecified atom stereocenters. The second-order valence-corrected chi connectivity index (χ2v) is 5.31. The van der Waals surface area contributed by atoms with E-state index < -0.39 is 0 Å². The third-order valence-corrected chi connectivity index (χ3v) is 3.94. The normalized spacial score (nSPS) is 22.8. The van der Waals surface area contributed by atoms with Crippen molar-refractivity contribution in [1.82, 2.24) is 9.97 Å². The van der Waals surface area contributed by atoms with E-state index in [0.29, 0.717) is 5.92 Å². The number of nitrogens with one attached hydrogen (secondary N) is 1. The summed E-state index contributed by atoms with van der Waals surface area (Å²) in [4.78, 5) is 11.0. The summed E-state index contributed by atoms with van der Waals surface area (Å²) in [5.74, 6) is 2.37. The van der Waals surface area contributed by atoms with Gasteiger partial charge in [-0.05, 0) is 25.7 Å². The lowest BCUT2D eigenvalue weighted by Gasteiger charge is -2.28. The van der Waals surface area contributed by atoms with Gasteiger partial charge in [0.1, 0.15) is 18.0 Å². The second-order valence-electron chi connectivity index (χ2n) is 5.31. The highest BCUT2D eigenvalue weighted by Crippen LogP contribution is 2.31. The largest absolute Gasteiger partial charge is 0.394 e. The first-order chi connectivity index (χ1) is 9.19. The molecule has 1 saturated heterocycles. The van der Waals surface area contributed by atoms with Gasteiger partial charge in [0.2, 0.25) is 0 Å². The number of rotatable bonds is 5. The zero-order valence-electron chi connectivity index (χ0n) is 12.1. The molecule has 5 nitrogen and oxygen atoms in total. The van der Waals surface area contributed by atoms with Crippen molar-refractivity contribution in [3.05, 3.63) is 11.9 Å². The minimum atomic E-state index is 0.174. The van der Waals surface area contributed by atoms with Crippen molar-refractivity contribution in [2.75, 3.05) is 29.9 Å². The van der Waals surface area contributed by atoms with E-state index >= 15 is 0 Å². The molecule has 0 saturated carbocycles. The highest BCUT2D eigenvalue weighted by atomic mass is 16.3. The SMILES string of the molecule is CCCNc1ncnc(N2CCC(C)C2CO)c1C. The molecular formula is C14H24N4O. The van der Waals surface area contributed by atoms with Crippen LogP contribution in [0.25, 0.3) is 0 Å². The van der Waals surface area contributed by atoms with E-state index in [1.54, 1.807) is 6.33 Å². The van der Waals surface area contributed by atoms with Crippen LogP contribution in [0.2, 0.25) is 0 Å². The summed E-state index contributed by atoms with van der Waals surface area (Å²) < 4.78 is 0. The Labute approximate surface area is 115 Å². The van der Waals surface area contributed by atoms with Crippen LogP contribution in [-0.4, -0.2) is 40.8 Å². The van der Waals surface area contributed by atoms with Crippen LogP contribution in [0.15, 0.2) is 6.33 Å². The van der Waals surface area contributed by atoms with Crippen LogP contribution in [-0.2, 0) is 0 Å². The molecule has 2 N–H and O–H groups in total. The number of hydrogen-bond acceptors (Lipinski definition) is 5. The van der Waals surface area contributed by atoms with E-state index in [9.17, 15) is 5.11 Å². The molecule has 0 amide bonds. The minimum absolute atomic E-state index is 0.174. The number of aliphatic hydroxyl groups is 1. The van der Waals surface area contributed by atoms with Gasteiger partial charge in [0.15, 0.2) is 0 Å². The van der Waals surface area contributed by atoms with Gasteiger partial charge in [0.25, 0.3) is 0 Å². The molecule has 19 heavy (non-hydrogen) atoms. The molecule has 106 valence electrons. The third-order valence-electron chi connectivity index (χ3n) is 3.94. The molecule has 1 aliphatic heterocycles.